The van der Waals surface area contributed by atoms with E-state index in [0.717, 1.165) is 10.9 Å². The highest BCUT2D eigenvalue weighted by Crippen LogP contribution is 2.40. The van der Waals surface area contributed by atoms with Gasteiger partial charge in [-0.3, -0.25) is 9.59 Å². The van der Waals surface area contributed by atoms with Crippen LogP contribution in [0.5, 0.6) is 5.75 Å². The molecule has 6 heteroatoms. The third kappa shape index (κ3) is 4.11. The number of esters is 1. The number of nitrogens with one attached hydrogen (secondary N) is 1. The molecular weight excluding hydrogens is 370 g/mol. The molecule has 0 saturated heterocycles. The molecule has 0 amide bonds. The first-order valence-electron chi connectivity index (χ1n) is 9.60. The number of ether oxygens (including phenoxy) is 2. The average Bonchev–Trinajstić information content (AvgIpc) is 3.15. The molecule has 0 aliphatic carbocycles. The first-order valence-corrected chi connectivity index (χ1v) is 9.60. The van der Waals surface area contributed by atoms with Crippen LogP contribution in [0, 0.1) is 5.92 Å². The highest BCUT2D eigenvalue weighted by Gasteiger charge is 2.40. The van der Waals surface area contributed by atoms with Crippen molar-refractivity contribution in [2.75, 3.05) is 7.11 Å². The van der Waals surface area contributed by atoms with Gasteiger partial charge in [0.15, 0.2) is 5.92 Å². The van der Waals surface area contributed by atoms with E-state index in [4.69, 9.17) is 9.47 Å². The van der Waals surface area contributed by atoms with E-state index in [1.807, 2.05) is 55.5 Å². The third-order valence-corrected chi connectivity index (χ3v) is 5.16. The minimum Gasteiger partial charge on any atom is -0.496 e. The molecule has 3 rings (SSSR count). The van der Waals surface area contributed by atoms with Crippen LogP contribution in [0.1, 0.15) is 37.3 Å². The smallest absolute Gasteiger partial charge is 0.321 e. The maximum atomic E-state index is 12.9. The number of benzene rings is 2. The second-order valence-electron chi connectivity index (χ2n) is 6.99. The zero-order valence-corrected chi connectivity index (χ0v) is 16.7. The molecule has 2 aromatic carbocycles. The topological polar surface area (TPSA) is 88.6 Å². The summed E-state index contributed by atoms with van der Waals surface area (Å²) in [5.41, 5.74) is 2.20. The maximum Gasteiger partial charge on any atom is 0.321 e. The zero-order chi connectivity index (χ0) is 21.0. The van der Waals surface area contributed by atoms with Gasteiger partial charge < -0.3 is 19.6 Å². The Kier molecular flexibility index (Phi) is 6.22. The number of carbonyl (C=O) groups is 2. The normalized spacial score (nSPS) is 14.2. The quantitative estimate of drug-likeness (QED) is 0.437. The van der Waals surface area contributed by atoms with Crippen molar-refractivity contribution in [3.8, 4) is 5.75 Å². The molecule has 0 fully saturated rings. The van der Waals surface area contributed by atoms with Crippen LogP contribution in [-0.4, -0.2) is 35.2 Å². The van der Waals surface area contributed by atoms with Crippen molar-refractivity contribution in [3.63, 3.8) is 0 Å². The van der Waals surface area contributed by atoms with Gasteiger partial charge in [-0.1, -0.05) is 43.3 Å². The summed E-state index contributed by atoms with van der Waals surface area (Å²) in [7, 11) is 1.56. The Bertz CT molecular complexity index is 995. The molecule has 0 spiro atoms. The van der Waals surface area contributed by atoms with E-state index < -0.39 is 23.8 Å². The van der Waals surface area contributed by atoms with Gasteiger partial charge >= 0.3 is 11.9 Å². The summed E-state index contributed by atoms with van der Waals surface area (Å²) in [6.07, 6.45) is 1.99. The monoisotopic (exact) mass is 395 g/mol. The Morgan fingerprint density at radius 3 is 2.45 bits per heavy atom. The summed E-state index contributed by atoms with van der Waals surface area (Å²) in [4.78, 5) is 28.4. The van der Waals surface area contributed by atoms with E-state index in [9.17, 15) is 14.7 Å². The largest absolute Gasteiger partial charge is 0.496 e. The van der Waals surface area contributed by atoms with Gasteiger partial charge in [0.05, 0.1) is 13.2 Å². The van der Waals surface area contributed by atoms with Crippen LogP contribution in [0.2, 0.25) is 0 Å². The van der Waals surface area contributed by atoms with Crippen molar-refractivity contribution < 1.29 is 24.2 Å². The number of aromatic amines is 1. The number of aliphatic carboxylic acids is 1. The van der Waals surface area contributed by atoms with Crippen molar-refractivity contribution >= 4 is 22.8 Å². The molecule has 6 nitrogen and oxygen atoms in total. The first kappa shape index (κ1) is 20.5. The van der Waals surface area contributed by atoms with Gasteiger partial charge in [-0.25, -0.2) is 0 Å². The molecule has 0 bridgehead atoms. The van der Waals surface area contributed by atoms with Crippen molar-refractivity contribution in [3.05, 3.63) is 65.9 Å². The standard InChI is InChI=1S/C23H25NO5/c1-4-14(2)29-23(27)21(22(25)26)19(15-9-6-5-7-10-15)16-13-24-17-11-8-12-18(28-3)20(16)17/h5-14,19,21,24H,4H2,1-3H3,(H,25,26)/t14?,19-,21?/m0/s1. The number of carbonyl (C=O) groups excluding carboxylic acids is 1. The van der Waals surface area contributed by atoms with Crippen LogP contribution in [0.25, 0.3) is 10.9 Å². The average molecular weight is 395 g/mol. The van der Waals surface area contributed by atoms with Crippen LogP contribution in [0.4, 0.5) is 0 Å². The van der Waals surface area contributed by atoms with Crippen molar-refractivity contribution in [1.29, 1.82) is 0 Å². The van der Waals surface area contributed by atoms with E-state index in [-0.39, 0.29) is 6.10 Å². The minimum atomic E-state index is -1.39. The molecule has 2 N–H and O–H groups in total. The number of rotatable bonds is 8. The van der Waals surface area contributed by atoms with Crippen LogP contribution in [0.3, 0.4) is 0 Å². The molecule has 1 aromatic heterocycles. The molecule has 0 aliphatic heterocycles. The summed E-state index contributed by atoms with van der Waals surface area (Å²) in [6, 6.07) is 14.7. The third-order valence-electron chi connectivity index (χ3n) is 5.16. The Balaban J connectivity index is 2.20. The molecular formula is C23H25NO5. The molecule has 152 valence electrons. The molecule has 3 aromatic rings. The van der Waals surface area contributed by atoms with Gasteiger partial charge in [0.1, 0.15) is 5.75 Å². The van der Waals surface area contributed by atoms with Crippen molar-refractivity contribution in [1.82, 2.24) is 4.98 Å². The molecule has 1 heterocycles. The highest BCUT2D eigenvalue weighted by atomic mass is 16.5. The summed E-state index contributed by atoms with van der Waals surface area (Å²) in [5, 5.41) is 10.8. The lowest BCUT2D eigenvalue weighted by Crippen LogP contribution is -2.34. The first-order chi connectivity index (χ1) is 14.0. The molecule has 0 radical (unpaired) electrons. The lowest BCUT2D eigenvalue weighted by molar-refractivity contribution is -0.162. The number of hydrogen-bond acceptors (Lipinski definition) is 4. The second-order valence-corrected chi connectivity index (χ2v) is 6.99. The van der Waals surface area contributed by atoms with Gasteiger partial charge in [-0.15, -0.1) is 0 Å². The van der Waals surface area contributed by atoms with Crippen LogP contribution < -0.4 is 4.74 Å². The van der Waals surface area contributed by atoms with Gasteiger partial charge in [0.25, 0.3) is 0 Å². The van der Waals surface area contributed by atoms with Gasteiger partial charge in [0, 0.05) is 23.0 Å². The zero-order valence-electron chi connectivity index (χ0n) is 16.7. The fourth-order valence-electron chi connectivity index (χ4n) is 3.54. The van der Waals surface area contributed by atoms with Crippen molar-refractivity contribution in [2.45, 2.75) is 32.3 Å². The number of carboxylic acid groups (broad SMARTS) is 1. The molecule has 29 heavy (non-hydrogen) atoms. The Labute approximate surface area is 169 Å². The summed E-state index contributed by atoms with van der Waals surface area (Å²) < 4.78 is 10.9. The Morgan fingerprint density at radius 1 is 1.10 bits per heavy atom. The summed E-state index contributed by atoms with van der Waals surface area (Å²) >= 11 is 0. The molecule has 2 unspecified atom stereocenters. The predicted octanol–water partition coefficient (Wildman–Crippen LogP) is 4.35. The number of H-pyrrole nitrogens is 1. The highest BCUT2D eigenvalue weighted by molar-refractivity contribution is 5.98. The maximum absolute atomic E-state index is 12.9. The predicted molar refractivity (Wildman–Crippen MR) is 110 cm³/mol. The van der Waals surface area contributed by atoms with Gasteiger partial charge in [-0.05, 0) is 36.6 Å². The van der Waals surface area contributed by atoms with E-state index in [1.165, 1.54) is 0 Å². The number of methoxy groups -OCH3 is 1. The molecule has 3 atom stereocenters. The Morgan fingerprint density at radius 2 is 1.83 bits per heavy atom. The second kappa shape index (κ2) is 8.82. The van der Waals surface area contributed by atoms with E-state index in [1.54, 1.807) is 20.2 Å². The molecule has 0 saturated carbocycles. The number of carboxylic acids is 1. The molecule has 0 aliphatic rings. The fourth-order valence-corrected chi connectivity index (χ4v) is 3.54. The van der Waals surface area contributed by atoms with E-state index in [2.05, 4.69) is 4.98 Å². The number of hydrogen-bond donors (Lipinski definition) is 2. The van der Waals surface area contributed by atoms with Crippen molar-refractivity contribution in [2.24, 2.45) is 5.92 Å². The summed E-state index contributed by atoms with van der Waals surface area (Å²) in [6.45, 7) is 3.63. The number of aromatic nitrogens is 1. The van der Waals surface area contributed by atoms with Crippen LogP contribution in [0.15, 0.2) is 54.7 Å². The Hall–Kier alpha value is -3.28. The van der Waals surface area contributed by atoms with Gasteiger partial charge in [-0.2, -0.15) is 0 Å². The fraction of sp³-hybridized carbons (Fsp3) is 0.304. The summed E-state index contributed by atoms with van der Waals surface area (Å²) in [5.74, 6) is -3.49. The minimum absolute atomic E-state index is 0.363. The SMILES string of the molecule is CCC(C)OC(=O)C(C(=O)O)[C@@H](c1ccccc1)c1c[nH]c2cccc(OC)c12. The lowest BCUT2D eigenvalue weighted by Gasteiger charge is -2.25. The van der Waals surface area contributed by atoms with Crippen LogP contribution >= 0.6 is 0 Å². The van der Waals surface area contributed by atoms with E-state index in [0.29, 0.717) is 23.3 Å². The van der Waals surface area contributed by atoms with Gasteiger partial charge in [0.2, 0.25) is 0 Å². The number of fused-ring (bicyclic) bond motifs is 1. The lowest BCUT2D eigenvalue weighted by atomic mass is 9.80. The van der Waals surface area contributed by atoms with Crippen LogP contribution in [-0.2, 0) is 14.3 Å². The van der Waals surface area contributed by atoms with E-state index >= 15 is 0 Å².